The average Bonchev–Trinajstić information content (AvgIpc) is 3.81. The molecule has 0 radical (unpaired) electrons. The minimum atomic E-state index is 0.615. The number of rotatable bonds is 6. The lowest BCUT2D eigenvalue weighted by Gasteiger charge is -2.12. The Morgan fingerprint density at radius 1 is 0.365 bits per heavy atom. The lowest BCUT2D eigenvalue weighted by molar-refractivity contribution is 1.07. The Bertz CT molecular complexity index is 2860. The maximum Gasteiger partial charge on any atom is 0.164 e. The van der Waals surface area contributed by atoms with Crippen LogP contribution in [0.3, 0.4) is 0 Å². The predicted molar refractivity (Wildman–Crippen MR) is 210 cm³/mol. The number of pyridine rings is 1. The zero-order chi connectivity index (χ0) is 34.4. The number of benzene rings is 6. The Hall–Kier alpha value is -7.18. The fourth-order valence-corrected chi connectivity index (χ4v) is 7.06. The standard InChI is InChI=1S/C46H30N6/c1-3-12-31(13-4-1)32-21-23-34(24-22-32)45-48-44(33-14-5-2-6-15-33)49-46(50-45)36-16-11-17-37(28-36)52-41-19-8-7-18-38(41)39-26-25-35(29-42(39)52)40-30-51-27-10-9-20-43(51)47-40/h1-30H. The first-order valence-corrected chi connectivity index (χ1v) is 17.3. The van der Waals surface area contributed by atoms with E-state index in [9.17, 15) is 0 Å². The second-order valence-electron chi connectivity index (χ2n) is 12.8. The molecule has 0 N–H and O–H groups in total. The molecule has 6 heteroatoms. The average molecular weight is 667 g/mol. The summed E-state index contributed by atoms with van der Waals surface area (Å²) < 4.78 is 4.39. The second kappa shape index (κ2) is 12.3. The highest BCUT2D eigenvalue weighted by Gasteiger charge is 2.17. The van der Waals surface area contributed by atoms with Crippen molar-refractivity contribution in [3.8, 4) is 62.2 Å². The van der Waals surface area contributed by atoms with Crippen LogP contribution in [0.1, 0.15) is 0 Å². The van der Waals surface area contributed by atoms with E-state index in [1.807, 2.05) is 60.8 Å². The van der Waals surface area contributed by atoms with Gasteiger partial charge in [0.05, 0.1) is 16.7 Å². The molecule has 10 rings (SSSR count). The van der Waals surface area contributed by atoms with Crippen molar-refractivity contribution >= 4 is 27.5 Å². The molecule has 0 aliphatic rings. The maximum atomic E-state index is 5.08. The number of nitrogens with zero attached hydrogens (tertiary/aromatic N) is 6. The molecule has 0 amide bonds. The zero-order valence-electron chi connectivity index (χ0n) is 28.0. The molecule has 244 valence electrons. The first kappa shape index (κ1) is 29.7. The van der Waals surface area contributed by atoms with Gasteiger partial charge in [-0.05, 0) is 47.5 Å². The van der Waals surface area contributed by atoms with Crippen LogP contribution >= 0.6 is 0 Å². The van der Waals surface area contributed by atoms with Crippen LogP contribution < -0.4 is 0 Å². The van der Waals surface area contributed by atoms with Gasteiger partial charge in [-0.3, -0.25) is 0 Å². The Morgan fingerprint density at radius 3 is 1.71 bits per heavy atom. The molecule has 52 heavy (non-hydrogen) atoms. The Kier molecular flexibility index (Phi) is 7.03. The Labute approximate surface area is 300 Å². The molecule has 0 fully saturated rings. The van der Waals surface area contributed by atoms with Gasteiger partial charge in [-0.15, -0.1) is 0 Å². The third-order valence-electron chi connectivity index (χ3n) is 9.61. The summed E-state index contributed by atoms with van der Waals surface area (Å²) in [5, 5.41) is 2.37. The summed E-state index contributed by atoms with van der Waals surface area (Å²) in [6.07, 6.45) is 4.12. The van der Waals surface area contributed by atoms with Gasteiger partial charge in [0.2, 0.25) is 0 Å². The van der Waals surface area contributed by atoms with Crippen molar-refractivity contribution < 1.29 is 0 Å². The van der Waals surface area contributed by atoms with Crippen LogP contribution in [-0.4, -0.2) is 28.9 Å². The number of hydrogen-bond donors (Lipinski definition) is 0. The molecular formula is C46H30N6. The minimum absolute atomic E-state index is 0.615. The van der Waals surface area contributed by atoms with E-state index >= 15 is 0 Å². The maximum absolute atomic E-state index is 5.08. The van der Waals surface area contributed by atoms with Crippen LogP contribution in [0.4, 0.5) is 0 Å². The SMILES string of the molecule is c1ccc(-c2ccc(-c3nc(-c4ccccc4)nc(-c4cccc(-n5c6ccccc6c6ccc(-c7cn8ccccc8n7)cc65)c4)n3)cc2)cc1. The molecule has 0 bridgehead atoms. The molecule has 0 aliphatic carbocycles. The van der Waals surface area contributed by atoms with Crippen molar-refractivity contribution in [2.75, 3.05) is 0 Å². The lowest BCUT2D eigenvalue weighted by atomic mass is 10.0. The van der Waals surface area contributed by atoms with Crippen LogP contribution in [0.25, 0.3) is 89.7 Å². The molecule has 0 saturated carbocycles. The first-order chi connectivity index (χ1) is 25.7. The highest BCUT2D eigenvalue weighted by molar-refractivity contribution is 6.10. The summed E-state index contributed by atoms with van der Waals surface area (Å²) in [7, 11) is 0. The fourth-order valence-electron chi connectivity index (χ4n) is 7.06. The lowest BCUT2D eigenvalue weighted by Crippen LogP contribution is -2.01. The van der Waals surface area contributed by atoms with Gasteiger partial charge in [0.25, 0.3) is 0 Å². The largest absolute Gasteiger partial charge is 0.309 e. The van der Waals surface area contributed by atoms with Gasteiger partial charge in [-0.2, -0.15) is 0 Å². The molecule has 0 atom stereocenters. The summed E-state index contributed by atoms with van der Waals surface area (Å²) >= 11 is 0. The highest BCUT2D eigenvalue weighted by atomic mass is 15.0. The summed E-state index contributed by atoms with van der Waals surface area (Å²) in [5.74, 6) is 1.87. The van der Waals surface area contributed by atoms with E-state index in [0.717, 1.165) is 55.9 Å². The summed E-state index contributed by atoms with van der Waals surface area (Å²) in [6, 6.07) is 58.7. The van der Waals surface area contributed by atoms with E-state index in [0.29, 0.717) is 17.5 Å². The zero-order valence-corrected chi connectivity index (χ0v) is 28.0. The topological polar surface area (TPSA) is 60.9 Å². The van der Waals surface area contributed by atoms with Gasteiger partial charge in [0.15, 0.2) is 17.5 Å². The van der Waals surface area contributed by atoms with Crippen LogP contribution in [0, 0.1) is 0 Å². The number of aromatic nitrogens is 6. The predicted octanol–water partition coefficient (Wildman–Crippen LogP) is 11.0. The number of fused-ring (bicyclic) bond motifs is 4. The molecular weight excluding hydrogens is 637 g/mol. The van der Waals surface area contributed by atoms with Crippen molar-refractivity contribution in [1.82, 2.24) is 28.9 Å². The van der Waals surface area contributed by atoms with E-state index in [4.69, 9.17) is 19.9 Å². The van der Waals surface area contributed by atoms with Gasteiger partial charge in [0.1, 0.15) is 5.65 Å². The van der Waals surface area contributed by atoms with Gasteiger partial charge in [0, 0.05) is 51.1 Å². The van der Waals surface area contributed by atoms with E-state index < -0.39 is 0 Å². The van der Waals surface area contributed by atoms with Crippen molar-refractivity contribution in [3.05, 3.63) is 182 Å². The number of para-hydroxylation sites is 1. The van der Waals surface area contributed by atoms with Crippen molar-refractivity contribution in [2.24, 2.45) is 0 Å². The van der Waals surface area contributed by atoms with Crippen LogP contribution in [0.5, 0.6) is 0 Å². The molecule has 4 heterocycles. The van der Waals surface area contributed by atoms with Gasteiger partial charge < -0.3 is 8.97 Å². The Morgan fingerprint density at radius 2 is 0.942 bits per heavy atom. The molecule has 0 unspecified atom stereocenters. The van der Waals surface area contributed by atoms with Gasteiger partial charge >= 0.3 is 0 Å². The quantitative estimate of drug-likeness (QED) is 0.177. The molecule has 10 aromatic rings. The van der Waals surface area contributed by atoms with E-state index in [1.165, 1.54) is 16.3 Å². The third kappa shape index (κ3) is 5.22. The van der Waals surface area contributed by atoms with E-state index in [-0.39, 0.29) is 0 Å². The molecule has 0 aliphatic heterocycles. The summed E-state index contributed by atoms with van der Waals surface area (Å²) in [5.41, 5.74) is 11.2. The fraction of sp³-hybridized carbons (Fsp3) is 0. The Balaban J connectivity index is 1.12. The minimum Gasteiger partial charge on any atom is -0.309 e. The first-order valence-electron chi connectivity index (χ1n) is 17.3. The second-order valence-corrected chi connectivity index (χ2v) is 12.8. The van der Waals surface area contributed by atoms with Crippen molar-refractivity contribution in [1.29, 1.82) is 0 Å². The van der Waals surface area contributed by atoms with E-state index in [1.54, 1.807) is 0 Å². The normalized spacial score (nSPS) is 11.5. The van der Waals surface area contributed by atoms with Crippen LogP contribution in [0.2, 0.25) is 0 Å². The van der Waals surface area contributed by atoms with Gasteiger partial charge in [-0.1, -0.05) is 133 Å². The molecule has 4 aromatic heterocycles. The number of hydrogen-bond acceptors (Lipinski definition) is 4. The van der Waals surface area contributed by atoms with Crippen LogP contribution in [0.15, 0.2) is 182 Å². The molecule has 0 saturated heterocycles. The molecule has 0 spiro atoms. The third-order valence-corrected chi connectivity index (χ3v) is 9.61. The summed E-state index contributed by atoms with van der Waals surface area (Å²) in [6.45, 7) is 0. The molecule has 6 nitrogen and oxygen atoms in total. The smallest absolute Gasteiger partial charge is 0.164 e. The van der Waals surface area contributed by atoms with Crippen molar-refractivity contribution in [2.45, 2.75) is 0 Å². The number of imidazole rings is 1. The van der Waals surface area contributed by atoms with Crippen LogP contribution in [-0.2, 0) is 0 Å². The summed E-state index contributed by atoms with van der Waals surface area (Å²) in [4.78, 5) is 20.0. The highest BCUT2D eigenvalue weighted by Crippen LogP contribution is 2.36. The monoisotopic (exact) mass is 666 g/mol. The molecule has 6 aromatic carbocycles. The van der Waals surface area contributed by atoms with E-state index in [2.05, 4.69) is 130 Å². The van der Waals surface area contributed by atoms with Crippen molar-refractivity contribution in [3.63, 3.8) is 0 Å². The van der Waals surface area contributed by atoms with Gasteiger partial charge in [-0.25, -0.2) is 19.9 Å².